The van der Waals surface area contributed by atoms with Crippen molar-refractivity contribution in [3.8, 4) is 0 Å². The van der Waals surface area contributed by atoms with E-state index < -0.39 is 18.0 Å². The summed E-state index contributed by atoms with van der Waals surface area (Å²) in [6.45, 7) is 8.67. The summed E-state index contributed by atoms with van der Waals surface area (Å²) in [4.78, 5) is 36.7. The Morgan fingerprint density at radius 1 is 0.974 bits per heavy atom. The minimum Gasteiger partial charge on any atom is -0.380 e. The van der Waals surface area contributed by atoms with E-state index in [-0.39, 0.29) is 28.2 Å². The van der Waals surface area contributed by atoms with Crippen LogP contribution in [0.2, 0.25) is 0 Å². The number of carbonyl (C=O) groups excluding carboxylic acids is 1. The lowest BCUT2D eigenvalue weighted by molar-refractivity contribution is -0.536. The molecule has 1 amide bonds. The van der Waals surface area contributed by atoms with E-state index in [1.165, 1.54) is 83.1 Å². The highest BCUT2D eigenvalue weighted by Crippen LogP contribution is 2.35. The summed E-state index contributed by atoms with van der Waals surface area (Å²) in [6.07, 6.45) is 19.1. The maximum Gasteiger partial charge on any atom is 0.283 e. The molecule has 3 atom stereocenters. The molecule has 0 saturated heterocycles. The zero-order chi connectivity index (χ0) is 28.0. The summed E-state index contributed by atoms with van der Waals surface area (Å²) in [5, 5.41) is 14.8. The molecule has 3 unspecified atom stereocenters. The summed E-state index contributed by atoms with van der Waals surface area (Å²) in [5.41, 5.74) is -0.716. The summed E-state index contributed by atoms with van der Waals surface area (Å²) in [5.74, 6) is 0.00541. The van der Waals surface area contributed by atoms with Gasteiger partial charge in [0.1, 0.15) is 11.8 Å². The molecule has 0 aliphatic heterocycles. The van der Waals surface area contributed by atoms with Crippen molar-refractivity contribution in [2.24, 2.45) is 5.92 Å². The van der Waals surface area contributed by atoms with Crippen molar-refractivity contribution in [2.75, 3.05) is 6.54 Å². The summed E-state index contributed by atoms with van der Waals surface area (Å²) < 4.78 is 6.92. The van der Waals surface area contributed by atoms with E-state index in [0.29, 0.717) is 25.1 Å². The van der Waals surface area contributed by atoms with Gasteiger partial charge in [-0.15, -0.1) is 0 Å². The third-order valence-corrected chi connectivity index (χ3v) is 7.96. The largest absolute Gasteiger partial charge is 0.380 e. The Morgan fingerprint density at radius 3 is 1.97 bits per heavy atom. The average molecular weight is 536 g/mol. The fourth-order valence-corrected chi connectivity index (χ4v) is 5.48. The van der Waals surface area contributed by atoms with Crippen LogP contribution in [0, 0.1) is 16.0 Å². The number of hydrogen-bond donors (Lipinski definition) is 1. The first kappa shape index (κ1) is 32.1. The second-order valence-electron chi connectivity index (χ2n) is 12.3. The van der Waals surface area contributed by atoms with Crippen LogP contribution in [-0.2, 0) is 10.2 Å². The second-order valence-corrected chi connectivity index (χ2v) is 12.3. The number of rotatable bonds is 18. The van der Waals surface area contributed by atoms with E-state index in [1.54, 1.807) is 0 Å². The van der Waals surface area contributed by atoms with Crippen LogP contribution in [-0.4, -0.2) is 28.2 Å². The molecule has 1 aromatic rings. The van der Waals surface area contributed by atoms with Gasteiger partial charge in [-0.3, -0.25) is 19.7 Å². The Kier molecular flexibility index (Phi) is 14.2. The number of carbonyl (C=O) groups is 1. The quantitative estimate of drug-likeness (QED) is 0.120. The topological polar surface area (TPSA) is 107 Å². The zero-order valence-electron chi connectivity index (χ0n) is 24.5. The van der Waals surface area contributed by atoms with Gasteiger partial charge in [-0.2, -0.15) is 4.74 Å². The van der Waals surface area contributed by atoms with Gasteiger partial charge in [0.15, 0.2) is 0 Å². The molecule has 8 nitrogen and oxygen atoms in total. The lowest BCUT2D eigenvalue weighted by atomic mass is 9.82. The van der Waals surface area contributed by atoms with Gasteiger partial charge in [-0.25, -0.2) is 0 Å². The molecule has 1 aliphatic carbocycles. The van der Waals surface area contributed by atoms with E-state index in [9.17, 15) is 19.7 Å². The van der Waals surface area contributed by atoms with Crippen LogP contribution in [0.5, 0.6) is 0 Å². The minimum atomic E-state index is -1.02. The summed E-state index contributed by atoms with van der Waals surface area (Å²) in [7, 11) is 0. The highest BCUT2D eigenvalue weighted by molar-refractivity contribution is 5.78. The standard InChI is InChI=1S/C30H53N3O5/c1-5-6-7-8-9-10-11-12-13-14-15-16-17-18-21-31-29(35)24-19-20-25(26(22-24)33(36)37)32-28(34)23-27(38-32)30(2,3)4/h23-26H,5-22H2,1-4H3,(H,31,35). The van der Waals surface area contributed by atoms with Crippen LogP contribution in [0.15, 0.2) is 15.4 Å². The molecule has 1 fully saturated rings. The van der Waals surface area contributed by atoms with Crippen LogP contribution in [0.3, 0.4) is 0 Å². The zero-order valence-corrected chi connectivity index (χ0v) is 24.5. The first-order valence-corrected chi connectivity index (χ1v) is 15.3. The first-order chi connectivity index (χ1) is 18.1. The highest BCUT2D eigenvalue weighted by atomic mass is 16.6. The number of amides is 1. The second kappa shape index (κ2) is 16.8. The van der Waals surface area contributed by atoms with Gasteiger partial charge in [0, 0.05) is 35.3 Å². The third kappa shape index (κ3) is 10.9. The maximum atomic E-state index is 12.7. The number of nitrogens with one attached hydrogen (secondary N) is 1. The smallest absolute Gasteiger partial charge is 0.283 e. The molecule has 8 heteroatoms. The fraction of sp³-hybridized carbons (Fsp3) is 0.867. The highest BCUT2D eigenvalue weighted by Gasteiger charge is 2.44. The summed E-state index contributed by atoms with van der Waals surface area (Å²) in [6, 6.07) is -0.257. The summed E-state index contributed by atoms with van der Waals surface area (Å²) >= 11 is 0. The fourth-order valence-electron chi connectivity index (χ4n) is 5.48. The van der Waals surface area contributed by atoms with Crippen molar-refractivity contribution in [3.63, 3.8) is 0 Å². The van der Waals surface area contributed by atoms with E-state index >= 15 is 0 Å². The Labute approximate surface area is 229 Å². The molecule has 218 valence electrons. The van der Waals surface area contributed by atoms with Crippen molar-refractivity contribution >= 4 is 5.91 Å². The number of unbranched alkanes of at least 4 members (excludes halogenated alkanes) is 13. The molecule has 1 heterocycles. The van der Waals surface area contributed by atoms with Gasteiger partial charge >= 0.3 is 0 Å². The number of hydrogen-bond acceptors (Lipinski definition) is 5. The van der Waals surface area contributed by atoms with Crippen LogP contribution < -0.4 is 10.9 Å². The minimum absolute atomic E-state index is 0.104. The molecule has 2 rings (SSSR count). The van der Waals surface area contributed by atoms with Gasteiger partial charge in [-0.05, 0) is 19.3 Å². The van der Waals surface area contributed by atoms with Gasteiger partial charge in [0.2, 0.25) is 11.9 Å². The van der Waals surface area contributed by atoms with E-state index in [0.717, 1.165) is 17.6 Å². The average Bonchev–Trinajstić information content (AvgIpc) is 3.27. The van der Waals surface area contributed by atoms with Crippen LogP contribution >= 0.6 is 0 Å². The molecular weight excluding hydrogens is 482 g/mol. The number of nitrogens with zero attached hydrogens (tertiary/aromatic N) is 2. The lowest BCUT2D eigenvalue weighted by Crippen LogP contribution is -2.44. The van der Waals surface area contributed by atoms with Crippen LogP contribution in [0.4, 0.5) is 0 Å². The molecule has 1 N–H and O–H groups in total. The van der Waals surface area contributed by atoms with Crippen molar-refractivity contribution in [2.45, 2.75) is 154 Å². The SMILES string of the molecule is CCCCCCCCCCCCCCCCNC(=O)C1CCC(n2oc(C(C)(C)C)cc2=O)C([N+](=O)[O-])C1. The maximum absolute atomic E-state index is 12.7. The molecule has 0 bridgehead atoms. The predicted octanol–water partition coefficient (Wildman–Crippen LogP) is 7.32. The van der Waals surface area contributed by atoms with Crippen molar-refractivity contribution in [1.82, 2.24) is 10.1 Å². The molecule has 1 aliphatic rings. The molecule has 1 aromatic heterocycles. The molecule has 1 saturated carbocycles. The van der Waals surface area contributed by atoms with Crippen LogP contribution in [0.1, 0.15) is 149 Å². The van der Waals surface area contributed by atoms with Crippen molar-refractivity contribution < 1.29 is 14.2 Å². The van der Waals surface area contributed by atoms with Crippen LogP contribution in [0.25, 0.3) is 0 Å². The number of aromatic nitrogens is 1. The van der Waals surface area contributed by atoms with Gasteiger partial charge in [0.05, 0.1) is 0 Å². The molecule has 0 spiro atoms. The Morgan fingerprint density at radius 2 is 1.50 bits per heavy atom. The number of nitro groups is 1. The van der Waals surface area contributed by atoms with E-state index in [4.69, 9.17) is 4.52 Å². The normalized spacial score (nSPS) is 19.9. The molecule has 38 heavy (non-hydrogen) atoms. The van der Waals surface area contributed by atoms with Crippen molar-refractivity contribution in [3.05, 3.63) is 32.3 Å². The molecular formula is C30H53N3O5. The molecule has 0 aromatic carbocycles. The van der Waals surface area contributed by atoms with Gasteiger partial charge in [0.25, 0.3) is 5.56 Å². The van der Waals surface area contributed by atoms with Crippen molar-refractivity contribution in [1.29, 1.82) is 0 Å². The monoisotopic (exact) mass is 535 g/mol. The van der Waals surface area contributed by atoms with E-state index in [1.807, 2.05) is 20.8 Å². The van der Waals surface area contributed by atoms with Gasteiger partial charge in [-0.1, -0.05) is 111 Å². The van der Waals surface area contributed by atoms with E-state index in [2.05, 4.69) is 12.2 Å². The first-order valence-electron chi connectivity index (χ1n) is 15.3. The van der Waals surface area contributed by atoms with Gasteiger partial charge < -0.3 is 9.84 Å². The Hall–Kier alpha value is -2.12. The Bertz CT molecular complexity index is 885. The molecule has 0 radical (unpaired) electrons. The lowest BCUT2D eigenvalue weighted by Gasteiger charge is -2.30. The third-order valence-electron chi connectivity index (χ3n) is 7.96. The Balaban J connectivity index is 1.61. The predicted molar refractivity (Wildman–Crippen MR) is 152 cm³/mol.